The molecule has 0 aromatic carbocycles. The first kappa shape index (κ1) is 29.4. The molecular weight excluding hydrogens is 271 g/mol. The molecule has 0 spiro atoms. The molecule has 0 aliphatic carbocycles. The fourth-order valence-electron chi connectivity index (χ4n) is 0. The van der Waals surface area contributed by atoms with Crippen LogP contribution in [-0.2, 0) is 3.02 Å². The molecule has 0 aromatic heterocycles. The van der Waals surface area contributed by atoms with E-state index in [1.165, 1.54) is 0 Å². The van der Waals surface area contributed by atoms with E-state index in [9.17, 15) is 0 Å². The fourth-order valence-corrected chi connectivity index (χ4v) is 0. The minimum atomic E-state index is -6.10. The molecule has 0 atom stereocenters. The van der Waals surface area contributed by atoms with E-state index < -0.39 is 20.1 Å². The molecule has 0 amide bonds. The van der Waals surface area contributed by atoms with Crippen molar-refractivity contribution in [2.75, 3.05) is 0 Å². The van der Waals surface area contributed by atoms with Gasteiger partial charge in [0.05, 0.1) is 0 Å². The molecule has 0 radical (unpaired) electrons. The van der Waals surface area contributed by atoms with Gasteiger partial charge in [0.1, 0.15) is 0 Å². The molecule has 0 aliphatic rings. The second-order valence-corrected chi connectivity index (χ2v) is 3.00. The Bertz CT molecular complexity index is 58.3. The van der Waals surface area contributed by atoms with E-state index in [4.69, 9.17) is 13.2 Å². The van der Waals surface area contributed by atoms with Gasteiger partial charge in [-0.05, 0) is 0 Å². The van der Waals surface area contributed by atoms with Gasteiger partial charge in [-0.3, -0.25) is 0 Å². The van der Waals surface area contributed by atoms with Crippen molar-refractivity contribution in [3.8, 4) is 0 Å². The monoisotopic (exact) mass is 272 g/mol. The molecule has 0 unspecified atom stereocenters. The zero-order valence-corrected chi connectivity index (χ0v) is 14.1. The predicted octanol–water partition coefficient (Wildman–Crippen LogP) is -13.9. The Morgan fingerprint density at radius 1 is 0.889 bits per heavy atom. The summed E-state index contributed by atoms with van der Waals surface area (Å²) < 4.78 is 34.6. The van der Waals surface area contributed by atoms with Crippen LogP contribution in [0.3, 0.4) is 0 Å². The molecule has 40 valence electrons. The first-order valence-corrected chi connectivity index (χ1v) is 4.90. The van der Waals surface area contributed by atoms with Crippen molar-refractivity contribution in [1.29, 1.82) is 0 Å². The van der Waals surface area contributed by atoms with Crippen LogP contribution >= 0.6 is 0 Å². The van der Waals surface area contributed by atoms with Gasteiger partial charge in [0.15, 0.2) is 0 Å². The van der Waals surface area contributed by atoms with Gasteiger partial charge in [0.25, 0.3) is 0 Å². The van der Waals surface area contributed by atoms with Gasteiger partial charge in [-0.1, -0.05) is 0 Å². The third kappa shape index (κ3) is 85.7. The summed E-state index contributed by atoms with van der Waals surface area (Å²) in [5.74, 6) is 0. The van der Waals surface area contributed by atoms with Crippen LogP contribution in [0.25, 0.3) is 0 Å². The first-order valence-electron chi connectivity index (χ1n) is 0.730. The standard InChI is InChI=1S/3Na.H2O.4O.Sb/h;;;1H2;;;;;/q3*+1;;;3*-1;. The third-order valence-corrected chi connectivity index (χ3v) is 0. The topological polar surface area (TPSA) is 118 Å². The zero-order valence-electron chi connectivity index (χ0n) is 5.58. The van der Waals surface area contributed by atoms with Crippen LogP contribution in [-0.4, -0.2) is 25.5 Å². The first-order chi connectivity index (χ1) is 2.00. The maximum atomic E-state index is 8.64. The molecule has 0 saturated heterocycles. The van der Waals surface area contributed by atoms with E-state index in [-0.39, 0.29) is 94.1 Å². The zero-order chi connectivity index (χ0) is 4.50. The molecule has 0 heterocycles. The summed E-state index contributed by atoms with van der Waals surface area (Å²) in [5, 5.41) is 0. The summed E-state index contributed by atoms with van der Waals surface area (Å²) in [7, 11) is 0. The van der Waals surface area contributed by atoms with Gasteiger partial charge in [-0.2, -0.15) is 0 Å². The van der Waals surface area contributed by atoms with E-state index in [2.05, 4.69) is 0 Å². The quantitative estimate of drug-likeness (QED) is 0.407. The van der Waals surface area contributed by atoms with Gasteiger partial charge < -0.3 is 5.48 Å². The van der Waals surface area contributed by atoms with E-state index in [0.717, 1.165) is 0 Å². The molecule has 0 aromatic rings. The molecule has 9 heteroatoms. The Morgan fingerprint density at radius 3 is 0.889 bits per heavy atom. The Balaban J connectivity index is -0.0000000133. The third-order valence-electron chi connectivity index (χ3n) is 0. The van der Waals surface area contributed by atoms with E-state index >= 15 is 0 Å². The summed E-state index contributed by atoms with van der Waals surface area (Å²) in [5.41, 5.74) is 0. The van der Waals surface area contributed by atoms with Gasteiger partial charge in [-0.15, -0.1) is 0 Å². The Morgan fingerprint density at radius 2 is 0.889 bits per heavy atom. The van der Waals surface area contributed by atoms with Crippen LogP contribution in [0.5, 0.6) is 0 Å². The van der Waals surface area contributed by atoms with Crippen molar-refractivity contribution >= 4 is 20.1 Å². The second kappa shape index (κ2) is 14.0. The Hall–Kier alpha value is 3.46. The molecular formula is H2Na3O5Sb. The van der Waals surface area contributed by atoms with E-state index in [1.54, 1.807) is 0 Å². The molecule has 9 heavy (non-hydrogen) atoms. The summed E-state index contributed by atoms with van der Waals surface area (Å²) in [6.07, 6.45) is 0. The van der Waals surface area contributed by atoms with Crippen LogP contribution < -0.4 is 98.8 Å². The van der Waals surface area contributed by atoms with Gasteiger partial charge in [0.2, 0.25) is 0 Å². The number of rotatable bonds is 0. The van der Waals surface area contributed by atoms with Crippen molar-refractivity contribution in [2.24, 2.45) is 0 Å². The minimum absolute atomic E-state index is 0. The summed E-state index contributed by atoms with van der Waals surface area (Å²) in [6.45, 7) is 0. The SMILES string of the molecule is O.[Na+].[Na+].[Na+].[O]=[Sb]([O-])([O-])[O-]. The predicted molar refractivity (Wildman–Crippen MR) is 10.1 cm³/mol. The normalized spacial score (nSPS) is 6.56. The molecule has 5 nitrogen and oxygen atoms in total. The van der Waals surface area contributed by atoms with Crippen LogP contribution in [0.4, 0.5) is 0 Å². The van der Waals surface area contributed by atoms with Crippen molar-refractivity contribution < 1.29 is 107 Å². The fraction of sp³-hybridized carbons (Fsp3) is 0. The summed E-state index contributed by atoms with van der Waals surface area (Å²) in [6, 6.07) is 0. The molecule has 0 rings (SSSR count). The summed E-state index contributed by atoms with van der Waals surface area (Å²) >= 11 is -6.10. The number of hydrogen-bond acceptors (Lipinski definition) is 4. The van der Waals surface area contributed by atoms with Crippen LogP contribution in [0.2, 0.25) is 0 Å². The van der Waals surface area contributed by atoms with Crippen molar-refractivity contribution in [3.63, 3.8) is 0 Å². The van der Waals surface area contributed by atoms with Crippen LogP contribution in [0.15, 0.2) is 0 Å². The van der Waals surface area contributed by atoms with Crippen LogP contribution in [0.1, 0.15) is 0 Å². The summed E-state index contributed by atoms with van der Waals surface area (Å²) in [4.78, 5) is 0. The average molecular weight is 273 g/mol. The Labute approximate surface area is 124 Å². The maximum absolute atomic E-state index is 8.64. The molecule has 0 fully saturated rings. The van der Waals surface area contributed by atoms with Crippen molar-refractivity contribution in [2.45, 2.75) is 0 Å². The van der Waals surface area contributed by atoms with E-state index in [0.29, 0.717) is 0 Å². The van der Waals surface area contributed by atoms with Crippen LogP contribution in [0, 0.1) is 0 Å². The molecule has 0 saturated carbocycles. The second-order valence-electron chi connectivity index (χ2n) is 0.447. The number of hydrogen-bond donors (Lipinski definition) is 0. The van der Waals surface area contributed by atoms with Gasteiger partial charge in [0, 0.05) is 0 Å². The molecule has 2 N–H and O–H groups in total. The van der Waals surface area contributed by atoms with E-state index in [1.807, 2.05) is 0 Å². The average Bonchev–Trinajstić information content (AvgIpc) is 0.722. The van der Waals surface area contributed by atoms with Gasteiger partial charge >= 0.3 is 122 Å². The molecule has 0 bridgehead atoms. The van der Waals surface area contributed by atoms with Crippen molar-refractivity contribution in [1.82, 2.24) is 0 Å². The van der Waals surface area contributed by atoms with Crippen molar-refractivity contribution in [3.05, 3.63) is 0 Å². The Kier molecular flexibility index (Phi) is 45.8. The van der Waals surface area contributed by atoms with Gasteiger partial charge in [-0.25, -0.2) is 0 Å². The molecule has 0 aliphatic heterocycles.